The SMILES string of the molecule is CCOC(C)c1nc(CC(=O)N2CCC(CO)CC2)cs1. The van der Waals surface area contributed by atoms with Gasteiger partial charge in [-0.15, -0.1) is 11.3 Å². The van der Waals surface area contributed by atoms with Crippen molar-refractivity contribution in [2.24, 2.45) is 5.92 Å². The summed E-state index contributed by atoms with van der Waals surface area (Å²) in [5, 5.41) is 12.0. The number of hydrogen-bond donors (Lipinski definition) is 1. The molecule has 1 saturated heterocycles. The zero-order chi connectivity index (χ0) is 15.2. The van der Waals surface area contributed by atoms with Crippen molar-refractivity contribution in [3.8, 4) is 0 Å². The Bertz CT molecular complexity index is 456. The minimum Gasteiger partial charge on any atom is -0.396 e. The number of likely N-dealkylation sites (tertiary alicyclic amines) is 1. The van der Waals surface area contributed by atoms with Gasteiger partial charge in [0, 0.05) is 31.7 Å². The molecule has 1 aromatic heterocycles. The van der Waals surface area contributed by atoms with E-state index in [1.54, 1.807) is 11.3 Å². The number of aliphatic hydroxyl groups is 1. The molecule has 1 unspecified atom stereocenters. The first-order chi connectivity index (χ1) is 10.1. The molecule has 1 aliphatic heterocycles. The van der Waals surface area contributed by atoms with Gasteiger partial charge in [0.25, 0.3) is 0 Å². The average molecular weight is 312 g/mol. The van der Waals surface area contributed by atoms with Crippen molar-refractivity contribution >= 4 is 17.2 Å². The molecule has 6 heteroatoms. The maximum absolute atomic E-state index is 12.3. The van der Waals surface area contributed by atoms with E-state index in [1.165, 1.54) is 0 Å². The molecule has 2 rings (SSSR count). The Kier molecular flexibility index (Phi) is 6.14. The number of aromatic nitrogens is 1. The standard InChI is InChI=1S/C15H24N2O3S/c1-3-20-11(2)15-16-13(10-21-15)8-14(19)17-6-4-12(9-18)5-7-17/h10-12,18H,3-9H2,1-2H3. The van der Waals surface area contributed by atoms with E-state index < -0.39 is 0 Å². The van der Waals surface area contributed by atoms with Crippen LogP contribution >= 0.6 is 11.3 Å². The maximum atomic E-state index is 12.3. The molecule has 0 radical (unpaired) electrons. The van der Waals surface area contributed by atoms with E-state index in [0.717, 1.165) is 36.6 Å². The van der Waals surface area contributed by atoms with Gasteiger partial charge in [0.05, 0.1) is 12.1 Å². The lowest BCUT2D eigenvalue weighted by Gasteiger charge is -2.31. The molecule has 0 spiro atoms. The monoisotopic (exact) mass is 312 g/mol. The predicted molar refractivity (Wildman–Crippen MR) is 82.2 cm³/mol. The lowest BCUT2D eigenvalue weighted by atomic mass is 9.97. The van der Waals surface area contributed by atoms with E-state index >= 15 is 0 Å². The number of thiazole rings is 1. The number of ether oxygens (including phenoxy) is 1. The molecule has 1 N–H and O–H groups in total. The summed E-state index contributed by atoms with van der Waals surface area (Å²) in [6.45, 7) is 6.33. The van der Waals surface area contributed by atoms with E-state index in [0.29, 0.717) is 18.9 Å². The van der Waals surface area contributed by atoms with Crippen LogP contribution in [0.25, 0.3) is 0 Å². The maximum Gasteiger partial charge on any atom is 0.228 e. The number of carbonyl (C=O) groups is 1. The van der Waals surface area contributed by atoms with Gasteiger partial charge in [-0.3, -0.25) is 4.79 Å². The molecule has 0 aromatic carbocycles. The molecule has 1 atom stereocenters. The van der Waals surface area contributed by atoms with E-state index in [2.05, 4.69) is 4.98 Å². The van der Waals surface area contributed by atoms with Crippen LogP contribution in [0.15, 0.2) is 5.38 Å². The molecule has 0 aliphatic carbocycles. The van der Waals surface area contributed by atoms with Crippen LogP contribution in [0, 0.1) is 5.92 Å². The molecule has 1 fully saturated rings. The molecule has 0 saturated carbocycles. The van der Waals surface area contributed by atoms with Crippen molar-refractivity contribution in [1.82, 2.24) is 9.88 Å². The molecule has 5 nitrogen and oxygen atoms in total. The van der Waals surface area contributed by atoms with Crippen LogP contribution in [0.1, 0.15) is 43.5 Å². The Hall–Kier alpha value is -0.980. The Balaban J connectivity index is 1.85. The van der Waals surface area contributed by atoms with Crippen molar-refractivity contribution in [2.45, 2.75) is 39.2 Å². The minimum absolute atomic E-state index is 0.0100. The Morgan fingerprint density at radius 3 is 2.90 bits per heavy atom. The van der Waals surface area contributed by atoms with Gasteiger partial charge in [-0.2, -0.15) is 0 Å². The molecule has 1 amide bonds. The van der Waals surface area contributed by atoms with Crippen LogP contribution in [-0.2, 0) is 16.0 Å². The fourth-order valence-corrected chi connectivity index (χ4v) is 3.37. The lowest BCUT2D eigenvalue weighted by Crippen LogP contribution is -2.40. The highest BCUT2D eigenvalue weighted by Crippen LogP contribution is 2.22. The zero-order valence-electron chi connectivity index (χ0n) is 12.7. The van der Waals surface area contributed by atoms with Crippen LogP contribution in [0.2, 0.25) is 0 Å². The topological polar surface area (TPSA) is 62.7 Å². The predicted octanol–water partition coefficient (Wildman–Crippen LogP) is 2.01. The van der Waals surface area contributed by atoms with Gasteiger partial charge in [0.2, 0.25) is 5.91 Å². The second-order valence-corrected chi connectivity index (χ2v) is 6.35. The summed E-state index contributed by atoms with van der Waals surface area (Å²) in [4.78, 5) is 18.7. The van der Waals surface area contributed by atoms with Crippen LogP contribution in [0.5, 0.6) is 0 Å². The van der Waals surface area contributed by atoms with E-state index in [4.69, 9.17) is 9.84 Å². The summed E-state index contributed by atoms with van der Waals surface area (Å²) >= 11 is 1.55. The highest BCUT2D eigenvalue weighted by atomic mass is 32.1. The summed E-state index contributed by atoms with van der Waals surface area (Å²) in [6, 6.07) is 0. The molecule has 2 heterocycles. The van der Waals surface area contributed by atoms with Crippen molar-refractivity contribution < 1.29 is 14.6 Å². The second-order valence-electron chi connectivity index (χ2n) is 5.46. The summed E-state index contributed by atoms with van der Waals surface area (Å²) < 4.78 is 5.52. The third-order valence-electron chi connectivity index (χ3n) is 3.89. The molecular formula is C15H24N2O3S. The number of hydrogen-bond acceptors (Lipinski definition) is 5. The number of nitrogens with zero attached hydrogens (tertiary/aromatic N) is 2. The van der Waals surface area contributed by atoms with Gasteiger partial charge in [-0.05, 0) is 32.6 Å². The fourth-order valence-electron chi connectivity index (χ4n) is 2.54. The Morgan fingerprint density at radius 2 is 2.29 bits per heavy atom. The first-order valence-corrected chi connectivity index (χ1v) is 8.46. The smallest absolute Gasteiger partial charge is 0.228 e. The van der Waals surface area contributed by atoms with E-state index in [9.17, 15) is 4.79 Å². The van der Waals surface area contributed by atoms with Crippen LogP contribution < -0.4 is 0 Å². The van der Waals surface area contributed by atoms with Crippen LogP contribution in [0.4, 0.5) is 0 Å². The van der Waals surface area contributed by atoms with Gasteiger partial charge >= 0.3 is 0 Å². The first kappa shape index (κ1) is 16.4. The summed E-state index contributed by atoms with van der Waals surface area (Å²) in [5.41, 5.74) is 0.829. The molecule has 0 bridgehead atoms. The minimum atomic E-state index is -0.0100. The molecule has 118 valence electrons. The zero-order valence-corrected chi connectivity index (χ0v) is 13.6. The van der Waals surface area contributed by atoms with Crippen LogP contribution in [-0.4, -0.2) is 47.2 Å². The average Bonchev–Trinajstić information content (AvgIpc) is 2.96. The van der Waals surface area contributed by atoms with Gasteiger partial charge < -0.3 is 14.7 Å². The number of amides is 1. The van der Waals surface area contributed by atoms with Crippen LogP contribution in [0.3, 0.4) is 0 Å². The highest BCUT2D eigenvalue weighted by Gasteiger charge is 2.23. The quantitative estimate of drug-likeness (QED) is 0.873. The van der Waals surface area contributed by atoms with Gasteiger partial charge in [0.15, 0.2) is 0 Å². The third-order valence-corrected chi connectivity index (χ3v) is 4.95. The van der Waals surface area contributed by atoms with Crippen molar-refractivity contribution in [2.75, 3.05) is 26.3 Å². The van der Waals surface area contributed by atoms with Gasteiger partial charge in [-0.1, -0.05) is 0 Å². The Morgan fingerprint density at radius 1 is 1.57 bits per heavy atom. The normalized spacial score (nSPS) is 18.0. The summed E-state index contributed by atoms with van der Waals surface area (Å²) in [6.07, 6.45) is 2.14. The second kappa shape index (κ2) is 7.87. The first-order valence-electron chi connectivity index (χ1n) is 7.58. The highest BCUT2D eigenvalue weighted by molar-refractivity contribution is 7.09. The number of aliphatic hydroxyl groups excluding tert-OH is 1. The fraction of sp³-hybridized carbons (Fsp3) is 0.733. The van der Waals surface area contributed by atoms with Crippen molar-refractivity contribution in [3.63, 3.8) is 0 Å². The number of piperidine rings is 1. The molecule has 21 heavy (non-hydrogen) atoms. The third kappa shape index (κ3) is 4.49. The van der Waals surface area contributed by atoms with E-state index in [-0.39, 0.29) is 18.6 Å². The van der Waals surface area contributed by atoms with Gasteiger partial charge in [-0.25, -0.2) is 4.98 Å². The summed E-state index contributed by atoms with van der Waals surface area (Å²) in [7, 11) is 0. The molecule has 1 aliphatic rings. The Labute approximate surface area is 129 Å². The summed E-state index contributed by atoms with van der Waals surface area (Å²) in [5.74, 6) is 0.485. The molecule has 1 aromatic rings. The number of carbonyl (C=O) groups excluding carboxylic acids is 1. The van der Waals surface area contributed by atoms with Crippen molar-refractivity contribution in [3.05, 3.63) is 16.1 Å². The molecular weight excluding hydrogens is 288 g/mol. The van der Waals surface area contributed by atoms with Gasteiger partial charge in [0.1, 0.15) is 11.1 Å². The van der Waals surface area contributed by atoms with Crippen molar-refractivity contribution in [1.29, 1.82) is 0 Å². The largest absolute Gasteiger partial charge is 0.396 e. The van der Waals surface area contributed by atoms with E-state index in [1.807, 2.05) is 24.1 Å². The number of rotatable bonds is 6. The lowest BCUT2D eigenvalue weighted by molar-refractivity contribution is -0.132.